The largest absolute Gasteiger partial charge is 0.398 e. The lowest BCUT2D eigenvalue weighted by molar-refractivity contribution is -0.128. The molecule has 1 amide bonds. The van der Waals surface area contributed by atoms with Crippen LogP contribution in [0.3, 0.4) is 0 Å². The number of sulfonamides is 1. The van der Waals surface area contributed by atoms with E-state index in [1.165, 1.54) is 4.90 Å². The minimum absolute atomic E-state index is 0.161. The van der Waals surface area contributed by atoms with Gasteiger partial charge in [0.1, 0.15) is 0 Å². The highest BCUT2D eigenvalue weighted by atomic mass is 32.2. The van der Waals surface area contributed by atoms with Gasteiger partial charge in [-0.25, -0.2) is 8.42 Å². The summed E-state index contributed by atoms with van der Waals surface area (Å²) in [4.78, 5) is 13.3. The molecule has 0 atom stereocenters. The summed E-state index contributed by atoms with van der Waals surface area (Å²) < 4.78 is 26.7. The predicted octanol–water partition coefficient (Wildman–Crippen LogP) is 0.984. The molecule has 7 heteroatoms. The van der Waals surface area contributed by atoms with Gasteiger partial charge in [0.15, 0.2) is 0 Å². The lowest BCUT2D eigenvalue weighted by Crippen LogP contribution is -2.40. The van der Waals surface area contributed by atoms with Gasteiger partial charge in [-0.05, 0) is 37.1 Å². The standard InChI is InChI=1S/C14H23N3O3S/c1-6-17(9-14(18)16(4)5)21(19,20)13-8-10(2)7-12(15)11(13)3/h7-8H,6,9,15H2,1-5H3. The minimum atomic E-state index is -3.75. The van der Waals surface area contributed by atoms with Gasteiger partial charge in [0.05, 0.1) is 11.4 Å². The van der Waals surface area contributed by atoms with Crippen molar-refractivity contribution in [3.63, 3.8) is 0 Å². The maximum absolute atomic E-state index is 12.7. The van der Waals surface area contributed by atoms with Gasteiger partial charge in [-0.3, -0.25) is 4.79 Å². The first-order chi connectivity index (χ1) is 9.61. The molecule has 2 N–H and O–H groups in total. The normalized spacial score (nSPS) is 11.7. The smallest absolute Gasteiger partial charge is 0.243 e. The molecule has 0 aliphatic heterocycles. The van der Waals surface area contributed by atoms with E-state index in [-0.39, 0.29) is 23.9 Å². The Labute approximate surface area is 126 Å². The van der Waals surface area contributed by atoms with Crippen LogP contribution in [0, 0.1) is 13.8 Å². The third-order valence-corrected chi connectivity index (χ3v) is 5.37. The molecule has 1 aromatic rings. The second kappa shape index (κ2) is 6.44. The van der Waals surface area contributed by atoms with E-state index in [4.69, 9.17) is 5.73 Å². The van der Waals surface area contributed by atoms with Crippen LogP contribution in [0.5, 0.6) is 0 Å². The summed E-state index contributed by atoms with van der Waals surface area (Å²) in [5.41, 5.74) is 7.57. The highest BCUT2D eigenvalue weighted by molar-refractivity contribution is 7.89. The van der Waals surface area contributed by atoms with Crippen LogP contribution in [0.25, 0.3) is 0 Å². The van der Waals surface area contributed by atoms with Crippen molar-refractivity contribution in [3.05, 3.63) is 23.3 Å². The number of hydrogen-bond acceptors (Lipinski definition) is 4. The van der Waals surface area contributed by atoms with Crippen LogP contribution in [0.1, 0.15) is 18.1 Å². The van der Waals surface area contributed by atoms with Gasteiger partial charge in [-0.1, -0.05) is 6.92 Å². The molecule has 21 heavy (non-hydrogen) atoms. The number of nitrogen functional groups attached to an aromatic ring is 1. The Morgan fingerprint density at radius 1 is 1.24 bits per heavy atom. The summed E-state index contributed by atoms with van der Waals surface area (Å²) in [6.07, 6.45) is 0. The molecule has 0 fully saturated rings. The lowest BCUT2D eigenvalue weighted by atomic mass is 10.1. The number of nitrogens with zero attached hydrogens (tertiary/aromatic N) is 2. The molecular weight excluding hydrogens is 290 g/mol. The molecule has 6 nitrogen and oxygen atoms in total. The summed E-state index contributed by atoms with van der Waals surface area (Å²) in [5.74, 6) is -0.265. The molecule has 0 saturated carbocycles. The first-order valence-electron chi connectivity index (χ1n) is 6.68. The second-order valence-electron chi connectivity index (χ2n) is 5.20. The van der Waals surface area contributed by atoms with Crippen molar-refractivity contribution in [2.45, 2.75) is 25.7 Å². The number of anilines is 1. The molecule has 0 spiro atoms. The molecule has 0 heterocycles. The van der Waals surface area contributed by atoms with Crippen molar-refractivity contribution < 1.29 is 13.2 Å². The molecule has 1 aromatic carbocycles. The molecule has 118 valence electrons. The van der Waals surface area contributed by atoms with Crippen molar-refractivity contribution in [3.8, 4) is 0 Å². The minimum Gasteiger partial charge on any atom is -0.398 e. The first-order valence-corrected chi connectivity index (χ1v) is 8.12. The third-order valence-electron chi connectivity index (χ3n) is 3.33. The Morgan fingerprint density at radius 2 is 1.81 bits per heavy atom. The van der Waals surface area contributed by atoms with Gasteiger partial charge < -0.3 is 10.6 Å². The molecule has 0 aliphatic carbocycles. The van der Waals surface area contributed by atoms with Crippen LogP contribution in [0.4, 0.5) is 5.69 Å². The van der Waals surface area contributed by atoms with Crippen LogP contribution in [0.2, 0.25) is 0 Å². The number of nitrogens with two attached hydrogens (primary N) is 1. The molecule has 0 bridgehead atoms. The van der Waals surface area contributed by atoms with Crippen molar-refractivity contribution in [1.82, 2.24) is 9.21 Å². The second-order valence-corrected chi connectivity index (χ2v) is 7.10. The zero-order valence-electron chi connectivity index (χ0n) is 13.2. The maximum atomic E-state index is 12.7. The Kier molecular flexibility index (Phi) is 5.36. The average Bonchev–Trinajstić information content (AvgIpc) is 2.39. The number of amides is 1. The number of rotatable bonds is 5. The topological polar surface area (TPSA) is 83.7 Å². The van der Waals surface area contributed by atoms with Gasteiger partial charge in [0, 0.05) is 26.3 Å². The van der Waals surface area contributed by atoms with E-state index in [1.54, 1.807) is 47.0 Å². The number of carbonyl (C=O) groups excluding carboxylic acids is 1. The number of hydrogen-bond donors (Lipinski definition) is 1. The van der Waals surface area contributed by atoms with Crippen LogP contribution in [0.15, 0.2) is 17.0 Å². The summed E-state index contributed by atoms with van der Waals surface area (Å²) in [5, 5.41) is 0. The molecular formula is C14H23N3O3S. The fourth-order valence-corrected chi connectivity index (χ4v) is 3.66. The molecule has 0 saturated heterocycles. The van der Waals surface area contributed by atoms with Crippen LogP contribution < -0.4 is 5.73 Å². The highest BCUT2D eigenvalue weighted by Crippen LogP contribution is 2.25. The van der Waals surface area contributed by atoms with Gasteiger partial charge >= 0.3 is 0 Å². The van der Waals surface area contributed by atoms with Crippen molar-refractivity contribution in [1.29, 1.82) is 0 Å². The van der Waals surface area contributed by atoms with Crippen molar-refractivity contribution in [2.24, 2.45) is 0 Å². The number of benzene rings is 1. The van der Waals surface area contributed by atoms with E-state index in [2.05, 4.69) is 0 Å². The van der Waals surface area contributed by atoms with Gasteiger partial charge in [-0.15, -0.1) is 0 Å². The Bertz CT molecular complexity index is 639. The van der Waals surface area contributed by atoms with Crippen LogP contribution in [-0.4, -0.2) is 50.7 Å². The number of likely N-dealkylation sites (N-methyl/N-ethyl adjacent to an activating group) is 2. The van der Waals surface area contributed by atoms with Crippen LogP contribution in [-0.2, 0) is 14.8 Å². The quantitative estimate of drug-likeness (QED) is 0.822. The highest BCUT2D eigenvalue weighted by Gasteiger charge is 2.28. The Hall–Kier alpha value is -1.60. The Morgan fingerprint density at radius 3 is 2.29 bits per heavy atom. The lowest BCUT2D eigenvalue weighted by Gasteiger charge is -2.23. The average molecular weight is 313 g/mol. The van der Waals surface area contributed by atoms with Gasteiger partial charge in [0.2, 0.25) is 15.9 Å². The molecule has 0 aliphatic rings. The van der Waals surface area contributed by atoms with E-state index in [0.717, 1.165) is 9.87 Å². The maximum Gasteiger partial charge on any atom is 0.243 e. The van der Waals surface area contributed by atoms with Gasteiger partial charge in [-0.2, -0.15) is 4.31 Å². The fourth-order valence-electron chi connectivity index (χ4n) is 1.92. The van der Waals surface area contributed by atoms with Crippen LogP contribution >= 0.6 is 0 Å². The van der Waals surface area contributed by atoms with E-state index in [9.17, 15) is 13.2 Å². The molecule has 0 aromatic heterocycles. The summed E-state index contributed by atoms with van der Waals surface area (Å²) in [7, 11) is -0.558. The fraction of sp³-hybridized carbons (Fsp3) is 0.500. The summed E-state index contributed by atoms with van der Waals surface area (Å²) in [6, 6.07) is 3.32. The summed E-state index contributed by atoms with van der Waals surface area (Å²) in [6.45, 7) is 5.20. The Balaban J connectivity index is 3.29. The molecule has 0 unspecified atom stereocenters. The van der Waals surface area contributed by atoms with E-state index >= 15 is 0 Å². The molecule has 1 rings (SSSR count). The predicted molar refractivity (Wildman–Crippen MR) is 83.5 cm³/mol. The van der Waals surface area contributed by atoms with Crippen molar-refractivity contribution in [2.75, 3.05) is 32.9 Å². The zero-order chi connectivity index (χ0) is 16.4. The zero-order valence-corrected chi connectivity index (χ0v) is 14.0. The van der Waals surface area contributed by atoms with Crippen molar-refractivity contribution >= 4 is 21.6 Å². The monoisotopic (exact) mass is 313 g/mol. The van der Waals surface area contributed by atoms with Gasteiger partial charge in [0.25, 0.3) is 0 Å². The van der Waals surface area contributed by atoms with E-state index in [1.807, 2.05) is 0 Å². The number of carbonyl (C=O) groups is 1. The third kappa shape index (κ3) is 3.74. The number of aryl methyl sites for hydroxylation is 1. The molecule has 0 radical (unpaired) electrons. The summed E-state index contributed by atoms with van der Waals surface area (Å²) >= 11 is 0. The first kappa shape index (κ1) is 17.5. The van der Waals surface area contributed by atoms with E-state index in [0.29, 0.717) is 11.3 Å². The SMILES string of the molecule is CCN(CC(=O)N(C)C)S(=O)(=O)c1cc(C)cc(N)c1C. The van der Waals surface area contributed by atoms with E-state index < -0.39 is 10.0 Å².